The van der Waals surface area contributed by atoms with Gasteiger partial charge in [0.05, 0.1) is 43.4 Å². The number of rotatable bonds is 0. The molecule has 65 heavy (non-hydrogen) atoms. The van der Waals surface area contributed by atoms with Gasteiger partial charge < -0.3 is 14.2 Å². The van der Waals surface area contributed by atoms with Crippen LogP contribution in [0.5, 0.6) is 0 Å². The fourth-order valence-corrected chi connectivity index (χ4v) is 13.9. The van der Waals surface area contributed by atoms with Crippen molar-refractivity contribution in [1.82, 2.24) is 0 Å². The van der Waals surface area contributed by atoms with E-state index >= 15 is 0 Å². The van der Waals surface area contributed by atoms with Crippen LogP contribution < -0.4 is 0 Å². The summed E-state index contributed by atoms with van der Waals surface area (Å²) >= 11 is 60.8. The normalized spacial score (nSPS) is 14.6. The fraction of sp³-hybridized carbons (Fsp3) is 0. The molecule has 13 rings (SSSR count). The number of carbonyl (C=O) groups excluding carboxylic acids is 6. The van der Waals surface area contributed by atoms with Crippen LogP contribution in [-0.2, 0) is 14.2 Å². The Kier molecular flexibility index (Phi) is 9.04. The van der Waals surface area contributed by atoms with Crippen LogP contribution in [0.25, 0.3) is 86.2 Å². The third kappa shape index (κ3) is 5.36. The molecule has 0 N–H and O–H groups in total. The molecule has 316 valence electrons. The Labute approximate surface area is 417 Å². The van der Waals surface area contributed by atoms with Crippen LogP contribution in [0.4, 0.5) is 0 Å². The zero-order valence-electron chi connectivity index (χ0n) is 31.1. The number of hydrogen-bond acceptors (Lipinski definition) is 9. The maximum absolute atomic E-state index is 12.6. The Balaban J connectivity index is 0.000000137. The van der Waals surface area contributed by atoms with E-state index in [1.807, 2.05) is 0 Å². The van der Waals surface area contributed by atoms with Gasteiger partial charge in [-0.1, -0.05) is 125 Å². The Morgan fingerprint density at radius 3 is 0.615 bits per heavy atom. The first kappa shape index (κ1) is 41.9. The zero-order chi connectivity index (χ0) is 45.7. The van der Waals surface area contributed by atoms with Crippen LogP contribution in [0.1, 0.15) is 62.1 Å². The van der Waals surface area contributed by atoms with E-state index < -0.39 is 35.8 Å². The molecule has 0 saturated carbocycles. The Morgan fingerprint density at radius 2 is 0.415 bits per heavy atom. The molecule has 3 aliphatic rings. The molecule has 0 fully saturated rings. The standard InChI is InChI=1S/C24H4Cl4O6.C22H4Br2Cl4O3/c25-9-1-5-13-6(22(30)33-21(5)29)2-11(27)17-18-12(28)4-8-14-7(23(31)34-24(8)32)3-10(26)16(20(14)18)15(9)19(13)17;23-7-3-11(27)17-15-9(25)1-5-13-6(22(30)31-21(5)29)2-10(26)16(19(13)15)18-12(28)4-8(24)14(7)20(17)18/h1-4H;1-4H. The molecular weight excluding hydrogens is 1140 g/mol. The van der Waals surface area contributed by atoms with Gasteiger partial charge in [0.1, 0.15) is 0 Å². The number of hydrogen-bond donors (Lipinski definition) is 0. The summed E-state index contributed by atoms with van der Waals surface area (Å²) in [5.41, 5.74) is 0.759. The predicted molar refractivity (Wildman–Crippen MR) is 260 cm³/mol. The third-order valence-electron chi connectivity index (χ3n) is 12.0. The van der Waals surface area contributed by atoms with Crippen LogP contribution in [0.15, 0.2) is 57.5 Å². The molecule has 3 heterocycles. The molecule has 0 bridgehead atoms. The second kappa shape index (κ2) is 14.0. The molecule has 10 aromatic carbocycles. The van der Waals surface area contributed by atoms with Crippen molar-refractivity contribution >= 4 is 247 Å². The molecular formula is C46H8Br2Cl8O9. The Bertz CT molecular complexity index is 3790. The van der Waals surface area contributed by atoms with Crippen LogP contribution in [0.3, 0.4) is 0 Å². The van der Waals surface area contributed by atoms with Gasteiger partial charge in [-0.2, -0.15) is 0 Å². The van der Waals surface area contributed by atoms with Crippen LogP contribution in [0, 0.1) is 0 Å². The van der Waals surface area contributed by atoms with Crippen molar-refractivity contribution in [2.75, 3.05) is 0 Å². The Morgan fingerprint density at radius 1 is 0.246 bits per heavy atom. The summed E-state index contributed by atoms with van der Waals surface area (Å²) in [7, 11) is 0. The highest BCUT2D eigenvalue weighted by atomic mass is 79.9. The van der Waals surface area contributed by atoms with Crippen molar-refractivity contribution in [3.05, 3.63) is 131 Å². The van der Waals surface area contributed by atoms with Crippen molar-refractivity contribution in [1.29, 1.82) is 0 Å². The molecule has 0 unspecified atom stereocenters. The highest BCUT2D eigenvalue weighted by molar-refractivity contribution is 9.11. The molecule has 0 aromatic heterocycles. The van der Waals surface area contributed by atoms with E-state index in [-0.39, 0.29) is 63.5 Å². The minimum absolute atomic E-state index is 0.0938. The third-order valence-corrected chi connectivity index (χ3v) is 15.6. The lowest BCUT2D eigenvalue weighted by molar-refractivity contribution is 0.0373. The van der Waals surface area contributed by atoms with Crippen molar-refractivity contribution in [2.24, 2.45) is 0 Å². The summed E-state index contributed by atoms with van der Waals surface area (Å²) in [5.74, 6) is -4.92. The monoisotopic (exact) mass is 1140 g/mol. The summed E-state index contributed by atoms with van der Waals surface area (Å²) in [6.45, 7) is 0. The minimum atomic E-state index is -0.846. The van der Waals surface area contributed by atoms with Gasteiger partial charge in [0.15, 0.2) is 0 Å². The maximum Gasteiger partial charge on any atom is 0.346 e. The molecule has 19 heteroatoms. The van der Waals surface area contributed by atoms with Gasteiger partial charge in [0.25, 0.3) is 0 Å². The number of halogens is 10. The van der Waals surface area contributed by atoms with Crippen molar-refractivity contribution in [3.63, 3.8) is 0 Å². The van der Waals surface area contributed by atoms with Gasteiger partial charge in [-0.25, -0.2) is 28.8 Å². The van der Waals surface area contributed by atoms with E-state index in [0.717, 1.165) is 19.7 Å². The van der Waals surface area contributed by atoms with E-state index in [9.17, 15) is 28.8 Å². The number of carbonyl (C=O) groups is 6. The lowest BCUT2D eigenvalue weighted by Gasteiger charge is -2.25. The summed E-state index contributed by atoms with van der Waals surface area (Å²) in [5, 5.41) is 10.1. The van der Waals surface area contributed by atoms with Gasteiger partial charge in [0, 0.05) is 125 Å². The Hall–Kier alpha value is -4.50. The SMILES string of the molecule is O=C1OC(=O)c2cc(Cl)c3c4c(Cl)cc(Br)c5c(Br)cc(Cl)c(c6c(Cl)cc1c2c63)c54.O=C1OC(=O)c2cc(Cl)c3c4c(Cl)cc5c6c(cc(Cl)c(c7c(Cl)cc1c2c73)c64)C(=O)OC5=O. The molecule has 9 nitrogen and oxygen atoms in total. The number of ether oxygens (including phenoxy) is 3. The molecule has 0 atom stereocenters. The van der Waals surface area contributed by atoms with E-state index in [0.29, 0.717) is 85.5 Å². The second-order valence-corrected chi connectivity index (χ2v) is 20.1. The molecule has 0 aliphatic carbocycles. The summed E-state index contributed by atoms with van der Waals surface area (Å²) in [6.07, 6.45) is 0. The fourth-order valence-electron chi connectivity index (χ4n) is 9.69. The first-order chi connectivity index (χ1) is 30.9. The number of cyclic esters (lactones) is 6. The van der Waals surface area contributed by atoms with Gasteiger partial charge in [-0.3, -0.25) is 0 Å². The molecule has 0 amide bonds. The van der Waals surface area contributed by atoms with E-state index in [2.05, 4.69) is 31.9 Å². The molecule has 0 radical (unpaired) electrons. The van der Waals surface area contributed by atoms with Gasteiger partial charge >= 0.3 is 35.8 Å². The first-order valence-electron chi connectivity index (χ1n) is 18.5. The summed E-state index contributed by atoms with van der Waals surface area (Å²) < 4.78 is 16.1. The van der Waals surface area contributed by atoms with Crippen LogP contribution in [0.2, 0.25) is 40.2 Å². The molecule has 3 aliphatic heterocycles. The summed E-state index contributed by atoms with van der Waals surface area (Å²) in [6, 6.07) is 12.1. The average Bonchev–Trinajstić information content (AvgIpc) is 3.23. The minimum Gasteiger partial charge on any atom is -0.386 e. The van der Waals surface area contributed by atoms with Crippen molar-refractivity contribution < 1.29 is 43.0 Å². The van der Waals surface area contributed by atoms with Gasteiger partial charge in [-0.05, 0) is 48.5 Å². The number of benzene rings is 10. The van der Waals surface area contributed by atoms with Crippen LogP contribution in [-0.4, -0.2) is 35.8 Å². The number of fused-ring (bicyclic) bond motifs is 4. The van der Waals surface area contributed by atoms with Crippen LogP contribution >= 0.6 is 125 Å². The first-order valence-corrected chi connectivity index (χ1v) is 23.1. The summed E-state index contributed by atoms with van der Waals surface area (Å²) in [4.78, 5) is 75.2. The van der Waals surface area contributed by atoms with E-state index in [1.165, 1.54) is 36.4 Å². The topological polar surface area (TPSA) is 130 Å². The zero-order valence-corrected chi connectivity index (χ0v) is 40.3. The average molecular weight is 1150 g/mol. The van der Waals surface area contributed by atoms with Gasteiger partial charge in [0.2, 0.25) is 0 Å². The second-order valence-electron chi connectivity index (χ2n) is 15.1. The van der Waals surface area contributed by atoms with E-state index in [4.69, 9.17) is 107 Å². The largest absolute Gasteiger partial charge is 0.386 e. The molecule has 10 aromatic rings. The van der Waals surface area contributed by atoms with Crippen molar-refractivity contribution in [3.8, 4) is 0 Å². The van der Waals surface area contributed by atoms with Crippen molar-refractivity contribution in [2.45, 2.75) is 0 Å². The lowest BCUT2D eigenvalue weighted by Crippen LogP contribution is -2.21. The predicted octanol–water partition coefficient (Wildman–Crippen LogP) is 16.2. The molecule has 0 spiro atoms. The quantitative estimate of drug-likeness (QED) is 0.0479. The van der Waals surface area contributed by atoms with E-state index in [1.54, 1.807) is 12.1 Å². The maximum atomic E-state index is 12.6. The highest BCUT2D eigenvalue weighted by Gasteiger charge is 2.37. The lowest BCUT2D eigenvalue weighted by atomic mass is 9.83. The smallest absolute Gasteiger partial charge is 0.346 e. The molecule has 0 saturated heterocycles. The highest BCUT2D eigenvalue weighted by Crippen LogP contribution is 2.56. The number of esters is 6. The van der Waals surface area contributed by atoms with Gasteiger partial charge in [-0.15, -0.1) is 0 Å².